The molecule has 0 aliphatic heterocycles. The fourth-order valence-corrected chi connectivity index (χ4v) is 1.32. The highest BCUT2D eigenvalue weighted by atomic mass is 19.1. The van der Waals surface area contributed by atoms with Crippen LogP contribution >= 0.6 is 0 Å². The zero-order valence-corrected chi connectivity index (χ0v) is 10.2. The van der Waals surface area contributed by atoms with E-state index in [0.717, 1.165) is 12.1 Å². The first-order chi connectivity index (χ1) is 7.91. The molecule has 1 aromatic rings. The third-order valence-electron chi connectivity index (χ3n) is 2.25. The van der Waals surface area contributed by atoms with E-state index in [-0.39, 0.29) is 5.56 Å². The molecule has 94 valence electrons. The van der Waals surface area contributed by atoms with Gasteiger partial charge in [-0.15, -0.1) is 0 Å². The van der Waals surface area contributed by atoms with E-state index >= 15 is 0 Å². The summed E-state index contributed by atoms with van der Waals surface area (Å²) in [6, 6.07) is 2.90. The molecule has 1 aromatic carbocycles. The minimum atomic E-state index is -0.852. The van der Waals surface area contributed by atoms with Crippen LogP contribution in [0.5, 0.6) is 0 Å². The molecule has 0 heterocycles. The van der Waals surface area contributed by atoms with Crippen molar-refractivity contribution in [3.8, 4) is 0 Å². The van der Waals surface area contributed by atoms with Crippen LogP contribution in [0.15, 0.2) is 18.2 Å². The Balaban J connectivity index is 2.75. The van der Waals surface area contributed by atoms with Gasteiger partial charge in [0.15, 0.2) is 5.78 Å². The Morgan fingerprint density at radius 2 is 1.94 bits per heavy atom. The normalized spacial score (nSPS) is 12.8. The van der Waals surface area contributed by atoms with E-state index in [0.29, 0.717) is 18.6 Å². The molecular formula is C13H16F2O2. The second kappa shape index (κ2) is 5.87. The Morgan fingerprint density at radius 1 is 1.29 bits per heavy atom. The van der Waals surface area contributed by atoms with Gasteiger partial charge in [0.1, 0.15) is 17.7 Å². The summed E-state index contributed by atoms with van der Waals surface area (Å²) in [6.07, 6.45) is -0.725. The zero-order chi connectivity index (χ0) is 13.0. The molecule has 1 unspecified atom stereocenters. The molecule has 0 bridgehead atoms. The van der Waals surface area contributed by atoms with Gasteiger partial charge in [0.25, 0.3) is 0 Å². The second-order valence-corrected chi connectivity index (χ2v) is 4.36. The average Bonchev–Trinajstić information content (AvgIpc) is 2.25. The summed E-state index contributed by atoms with van der Waals surface area (Å²) in [5.74, 6) is -1.73. The van der Waals surface area contributed by atoms with Crippen LogP contribution in [0, 0.1) is 17.6 Å². The van der Waals surface area contributed by atoms with Crippen LogP contribution in [0.25, 0.3) is 0 Å². The number of ketones is 1. The van der Waals surface area contributed by atoms with Crippen LogP contribution in [0.4, 0.5) is 8.78 Å². The molecule has 17 heavy (non-hydrogen) atoms. The van der Waals surface area contributed by atoms with Crippen LogP contribution in [0.2, 0.25) is 0 Å². The molecule has 2 nitrogen and oxygen atoms in total. The van der Waals surface area contributed by atoms with Crippen molar-refractivity contribution in [2.45, 2.75) is 26.9 Å². The quantitative estimate of drug-likeness (QED) is 0.741. The van der Waals surface area contributed by atoms with Crippen molar-refractivity contribution in [2.24, 2.45) is 5.92 Å². The molecule has 0 amide bonds. The van der Waals surface area contributed by atoms with Crippen molar-refractivity contribution >= 4 is 5.78 Å². The molecule has 0 saturated carbocycles. The smallest absolute Gasteiger partial charge is 0.194 e. The molecule has 1 atom stereocenters. The lowest BCUT2D eigenvalue weighted by Crippen LogP contribution is -2.23. The Morgan fingerprint density at radius 3 is 2.47 bits per heavy atom. The van der Waals surface area contributed by atoms with Gasteiger partial charge in [-0.1, -0.05) is 13.8 Å². The first-order valence-electron chi connectivity index (χ1n) is 5.52. The van der Waals surface area contributed by atoms with E-state index in [4.69, 9.17) is 4.74 Å². The zero-order valence-electron chi connectivity index (χ0n) is 10.2. The summed E-state index contributed by atoms with van der Waals surface area (Å²) in [7, 11) is 0. The largest absolute Gasteiger partial charge is 0.370 e. The van der Waals surface area contributed by atoms with Crippen molar-refractivity contribution in [1.29, 1.82) is 0 Å². The highest BCUT2D eigenvalue weighted by molar-refractivity contribution is 5.99. The van der Waals surface area contributed by atoms with E-state index in [9.17, 15) is 13.6 Å². The molecule has 0 aliphatic carbocycles. The topological polar surface area (TPSA) is 26.3 Å². The van der Waals surface area contributed by atoms with Crippen LogP contribution < -0.4 is 0 Å². The second-order valence-electron chi connectivity index (χ2n) is 4.36. The number of rotatable bonds is 5. The molecule has 0 fully saturated rings. The van der Waals surface area contributed by atoms with Gasteiger partial charge in [-0.05, 0) is 25.0 Å². The number of carbonyl (C=O) groups excluding carboxylic acids is 1. The number of hydrogen-bond acceptors (Lipinski definition) is 2. The van der Waals surface area contributed by atoms with E-state index in [1.807, 2.05) is 13.8 Å². The number of Topliss-reactive ketones (excluding diaryl/α,β-unsaturated/α-hetero) is 1. The molecule has 0 saturated heterocycles. The molecule has 1 rings (SSSR count). The summed E-state index contributed by atoms with van der Waals surface area (Å²) in [6.45, 7) is 5.90. The predicted octanol–water partition coefficient (Wildman–Crippen LogP) is 3.21. The molecule has 0 N–H and O–H groups in total. The third kappa shape index (κ3) is 3.89. The van der Waals surface area contributed by atoms with Gasteiger partial charge in [-0.25, -0.2) is 8.78 Å². The fraction of sp³-hybridized carbons (Fsp3) is 0.462. The molecular weight excluding hydrogens is 226 g/mol. The summed E-state index contributed by atoms with van der Waals surface area (Å²) in [4.78, 5) is 11.8. The van der Waals surface area contributed by atoms with E-state index in [2.05, 4.69) is 0 Å². The van der Waals surface area contributed by atoms with Crippen molar-refractivity contribution in [2.75, 3.05) is 6.61 Å². The van der Waals surface area contributed by atoms with Crippen LogP contribution in [0.1, 0.15) is 31.1 Å². The Kier molecular flexibility index (Phi) is 4.75. The first-order valence-corrected chi connectivity index (χ1v) is 5.52. The van der Waals surface area contributed by atoms with Gasteiger partial charge in [-0.3, -0.25) is 4.79 Å². The lowest BCUT2D eigenvalue weighted by atomic mass is 10.1. The maximum Gasteiger partial charge on any atom is 0.194 e. The summed E-state index contributed by atoms with van der Waals surface area (Å²) < 4.78 is 31.3. The lowest BCUT2D eigenvalue weighted by Gasteiger charge is -2.14. The van der Waals surface area contributed by atoms with Gasteiger partial charge < -0.3 is 4.74 Å². The summed E-state index contributed by atoms with van der Waals surface area (Å²) in [5, 5.41) is 0. The highest BCUT2D eigenvalue weighted by Crippen LogP contribution is 2.13. The number of hydrogen-bond donors (Lipinski definition) is 0. The first kappa shape index (κ1) is 13.8. The average molecular weight is 242 g/mol. The Hall–Kier alpha value is -1.29. The minimum Gasteiger partial charge on any atom is -0.370 e. The molecule has 0 aromatic heterocycles. The van der Waals surface area contributed by atoms with Crippen molar-refractivity contribution in [1.82, 2.24) is 0 Å². The SMILES string of the molecule is CC(C)COC(C)C(=O)c1ccc(F)cc1F. The number of ether oxygens (including phenoxy) is 1. The Labute approximate surface area is 99.6 Å². The number of benzene rings is 1. The van der Waals surface area contributed by atoms with E-state index in [1.54, 1.807) is 6.92 Å². The van der Waals surface area contributed by atoms with E-state index < -0.39 is 23.5 Å². The lowest BCUT2D eigenvalue weighted by molar-refractivity contribution is 0.0382. The van der Waals surface area contributed by atoms with Crippen molar-refractivity contribution in [3.63, 3.8) is 0 Å². The van der Waals surface area contributed by atoms with Crippen LogP contribution in [-0.2, 0) is 4.74 Å². The van der Waals surface area contributed by atoms with Crippen LogP contribution in [0.3, 0.4) is 0 Å². The van der Waals surface area contributed by atoms with Crippen molar-refractivity contribution in [3.05, 3.63) is 35.4 Å². The number of carbonyl (C=O) groups is 1. The monoisotopic (exact) mass is 242 g/mol. The fourth-order valence-electron chi connectivity index (χ4n) is 1.32. The summed E-state index contributed by atoms with van der Waals surface area (Å²) in [5.41, 5.74) is -0.136. The minimum absolute atomic E-state index is 0.136. The standard InChI is InChI=1S/C13H16F2O2/c1-8(2)7-17-9(3)13(16)11-5-4-10(14)6-12(11)15/h4-6,8-9H,7H2,1-3H3. The van der Waals surface area contributed by atoms with Gasteiger partial charge in [0, 0.05) is 12.7 Å². The van der Waals surface area contributed by atoms with Gasteiger partial charge in [0.2, 0.25) is 0 Å². The van der Waals surface area contributed by atoms with Crippen molar-refractivity contribution < 1.29 is 18.3 Å². The van der Waals surface area contributed by atoms with Gasteiger partial charge in [0.05, 0.1) is 5.56 Å². The van der Waals surface area contributed by atoms with Gasteiger partial charge >= 0.3 is 0 Å². The molecule has 0 aliphatic rings. The highest BCUT2D eigenvalue weighted by Gasteiger charge is 2.19. The number of halogens is 2. The van der Waals surface area contributed by atoms with Crippen LogP contribution in [-0.4, -0.2) is 18.5 Å². The Bertz CT molecular complexity index is 402. The van der Waals surface area contributed by atoms with E-state index in [1.165, 1.54) is 0 Å². The maximum atomic E-state index is 13.3. The predicted molar refractivity (Wildman–Crippen MR) is 60.9 cm³/mol. The van der Waals surface area contributed by atoms with Gasteiger partial charge in [-0.2, -0.15) is 0 Å². The molecule has 0 radical (unpaired) electrons. The molecule has 0 spiro atoms. The maximum absolute atomic E-state index is 13.3. The molecule has 4 heteroatoms. The summed E-state index contributed by atoms with van der Waals surface area (Å²) >= 11 is 0. The third-order valence-corrected chi connectivity index (χ3v) is 2.25.